The van der Waals surface area contributed by atoms with Crippen LogP contribution in [-0.4, -0.2) is 36.6 Å². The Morgan fingerprint density at radius 2 is 2.33 bits per heavy atom. The first-order chi connectivity index (χ1) is 8.79. The second-order valence-electron chi connectivity index (χ2n) is 4.03. The number of nitrogens with one attached hydrogen (secondary N) is 1. The van der Waals surface area contributed by atoms with Crippen LogP contribution in [0.1, 0.15) is 25.5 Å². The number of ether oxygens (including phenoxy) is 1. The fourth-order valence-electron chi connectivity index (χ4n) is 1.58. The van der Waals surface area contributed by atoms with E-state index in [0.29, 0.717) is 6.61 Å². The summed E-state index contributed by atoms with van der Waals surface area (Å²) in [5, 5.41) is 7.68. The molecule has 0 aliphatic carbocycles. The van der Waals surface area contributed by atoms with E-state index in [2.05, 4.69) is 45.4 Å². The molecule has 1 aromatic rings. The maximum Gasteiger partial charge on any atom is 0.0750 e. The number of nitrogens with zero attached hydrogens (tertiary/aromatic N) is 2. The van der Waals surface area contributed by atoms with Gasteiger partial charge in [0.05, 0.1) is 29.5 Å². The van der Waals surface area contributed by atoms with Gasteiger partial charge in [0.15, 0.2) is 0 Å². The largest absolute Gasteiger partial charge is 0.383 e. The van der Waals surface area contributed by atoms with Crippen LogP contribution in [0, 0.1) is 0 Å². The van der Waals surface area contributed by atoms with Crippen LogP contribution in [0.3, 0.4) is 0 Å². The van der Waals surface area contributed by atoms with Crippen molar-refractivity contribution in [2.75, 3.05) is 26.8 Å². The maximum absolute atomic E-state index is 5.07. The number of rotatable bonds is 9. The molecule has 5 heteroatoms. The normalized spacial score (nSPS) is 11.5. The third kappa shape index (κ3) is 5.33. The zero-order chi connectivity index (χ0) is 13.2. The van der Waals surface area contributed by atoms with E-state index in [0.717, 1.165) is 36.2 Å². The lowest BCUT2D eigenvalue weighted by Gasteiger charge is -2.04. The summed E-state index contributed by atoms with van der Waals surface area (Å²) in [6, 6.07) is 0. The summed E-state index contributed by atoms with van der Waals surface area (Å²) in [6.07, 6.45) is 8.32. The summed E-state index contributed by atoms with van der Waals surface area (Å²) >= 11 is 3.51. The van der Waals surface area contributed by atoms with Crippen molar-refractivity contribution < 1.29 is 4.74 Å². The van der Waals surface area contributed by atoms with E-state index < -0.39 is 0 Å². The molecule has 102 valence electrons. The van der Waals surface area contributed by atoms with Crippen LogP contribution >= 0.6 is 15.9 Å². The van der Waals surface area contributed by atoms with Gasteiger partial charge in [0.25, 0.3) is 0 Å². The Balaban J connectivity index is 2.44. The zero-order valence-electron chi connectivity index (χ0n) is 11.2. The quantitative estimate of drug-likeness (QED) is 0.712. The first-order valence-corrected chi connectivity index (χ1v) is 7.16. The summed E-state index contributed by atoms with van der Waals surface area (Å²) < 4.78 is 8.04. The number of halogens is 1. The SMILES string of the molecule is CCCNCC/C=C/c1c(Br)cnn1CCOC. The summed E-state index contributed by atoms with van der Waals surface area (Å²) in [5.74, 6) is 0. The van der Waals surface area contributed by atoms with Crippen molar-refractivity contribution in [2.24, 2.45) is 0 Å². The van der Waals surface area contributed by atoms with Gasteiger partial charge in [-0.1, -0.05) is 13.0 Å². The molecule has 1 aromatic heterocycles. The first kappa shape index (κ1) is 15.4. The van der Waals surface area contributed by atoms with E-state index in [1.165, 1.54) is 6.42 Å². The Labute approximate surface area is 118 Å². The van der Waals surface area contributed by atoms with Gasteiger partial charge in [-0.15, -0.1) is 0 Å². The van der Waals surface area contributed by atoms with Crippen LogP contribution in [0.2, 0.25) is 0 Å². The molecule has 0 saturated heterocycles. The Bertz CT molecular complexity index is 363. The van der Waals surface area contributed by atoms with Crippen molar-refractivity contribution in [3.05, 3.63) is 22.4 Å². The minimum absolute atomic E-state index is 0.674. The van der Waals surface area contributed by atoms with Crippen LogP contribution in [0.5, 0.6) is 0 Å². The molecule has 0 saturated carbocycles. The number of methoxy groups -OCH3 is 1. The molecule has 1 heterocycles. The molecule has 0 aliphatic rings. The average Bonchev–Trinajstić information content (AvgIpc) is 2.72. The molecular weight excluding hydrogens is 294 g/mol. The van der Waals surface area contributed by atoms with Gasteiger partial charge < -0.3 is 10.1 Å². The van der Waals surface area contributed by atoms with Gasteiger partial charge in [0.2, 0.25) is 0 Å². The zero-order valence-corrected chi connectivity index (χ0v) is 12.7. The third-order valence-electron chi connectivity index (χ3n) is 2.53. The van der Waals surface area contributed by atoms with Gasteiger partial charge in [0.1, 0.15) is 0 Å². The summed E-state index contributed by atoms with van der Waals surface area (Å²) in [7, 11) is 1.70. The molecule has 0 aromatic carbocycles. The van der Waals surface area contributed by atoms with Gasteiger partial charge in [-0.2, -0.15) is 5.10 Å². The van der Waals surface area contributed by atoms with E-state index in [-0.39, 0.29) is 0 Å². The highest BCUT2D eigenvalue weighted by Gasteiger charge is 2.04. The summed E-state index contributed by atoms with van der Waals surface area (Å²) in [5.41, 5.74) is 1.10. The highest BCUT2D eigenvalue weighted by molar-refractivity contribution is 9.10. The number of aromatic nitrogens is 2. The fraction of sp³-hybridized carbons (Fsp3) is 0.615. The van der Waals surface area contributed by atoms with E-state index in [1.54, 1.807) is 7.11 Å². The summed E-state index contributed by atoms with van der Waals surface area (Å²) in [4.78, 5) is 0. The highest BCUT2D eigenvalue weighted by atomic mass is 79.9. The molecule has 0 bridgehead atoms. The van der Waals surface area contributed by atoms with E-state index in [9.17, 15) is 0 Å². The lowest BCUT2D eigenvalue weighted by atomic mass is 10.3. The van der Waals surface area contributed by atoms with Crippen LogP contribution in [-0.2, 0) is 11.3 Å². The van der Waals surface area contributed by atoms with Crippen molar-refractivity contribution in [1.82, 2.24) is 15.1 Å². The van der Waals surface area contributed by atoms with Crippen molar-refractivity contribution in [3.8, 4) is 0 Å². The molecule has 0 atom stereocenters. The molecule has 18 heavy (non-hydrogen) atoms. The molecule has 0 aliphatic heterocycles. The van der Waals surface area contributed by atoms with Crippen molar-refractivity contribution in [2.45, 2.75) is 26.3 Å². The standard InChI is InChI=1S/C13H22BrN3O/c1-3-7-15-8-5-4-6-13-12(14)11-16-17(13)9-10-18-2/h4,6,11,15H,3,5,7-10H2,1-2H3/b6-4+. The molecule has 1 N–H and O–H groups in total. The maximum atomic E-state index is 5.07. The van der Waals surface area contributed by atoms with Crippen LogP contribution in [0.4, 0.5) is 0 Å². The van der Waals surface area contributed by atoms with Crippen molar-refractivity contribution >= 4 is 22.0 Å². The van der Waals surface area contributed by atoms with Gasteiger partial charge in [-0.3, -0.25) is 4.68 Å². The topological polar surface area (TPSA) is 39.1 Å². The Morgan fingerprint density at radius 3 is 3.06 bits per heavy atom. The molecule has 1 rings (SSSR count). The van der Waals surface area contributed by atoms with E-state index in [1.807, 2.05) is 10.9 Å². The predicted octanol–water partition coefficient (Wildman–Crippen LogP) is 2.69. The van der Waals surface area contributed by atoms with Crippen LogP contribution in [0.25, 0.3) is 6.08 Å². The Hall–Kier alpha value is -0.650. The minimum Gasteiger partial charge on any atom is -0.383 e. The van der Waals surface area contributed by atoms with Gasteiger partial charge >= 0.3 is 0 Å². The Kier molecular flexibility index (Phi) is 7.96. The summed E-state index contributed by atoms with van der Waals surface area (Å²) in [6.45, 7) is 5.73. The molecule has 0 amide bonds. The monoisotopic (exact) mass is 315 g/mol. The average molecular weight is 316 g/mol. The minimum atomic E-state index is 0.674. The molecule has 0 spiro atoms. The van der Waals surface area contributed by atoms with Gasteiger partial charge in [0, 0.05) is 7.11 Å². The van der Waals surface area contributed by atoms with Crippen molar-refractivity contribution in [1.29, 1.82) is 0 Å². The van der Waals surface area contributed by atoms with Crippen LogP contribution in [0.15, 0.2) is 16.7 Å². The van der Waals surface area contributed by atoms with Crippen molar-refractivity contribution in [3.63, 3.8) is 0 Å². The number of hydrogen-bond acceptors (Lipinski definition) is 3. The fourth-order valence-corrected chi connectivity index (χ4v) is 2.00. The predicted molar refractivity (Wildman–Crippen MR) is 78.6 cm³/mol. The molecule has 0 fully saturated rings. The molecular formula is C13H22BrN3O. The molecule has 4 nitrogen and oxygen atoms in total. The van der Waals surface area contributed by atoms with Gasteiger partial charge in [-0.25, -0.2) is 0 Å². The third-order valence-corrected chi connectivity index (χ3v) is 3.14. The smallest absolute Gasteiger partial charge is 0.0750 e. The second kappa shape index (κ2) is 9.30. The second-order valence-corrected chi connectivity index (χ2v) is 4.89. The van der Waals surface area contributed by atoms with Crippen LogP contribution < -0.4 is 5.32 Å². The van der Waals surface area contributed by atoms with Gasteiger partial charge in [-0.05, 0) is 47.9 Å². The molecule has 0 unspecified atom stereocenters. The first-order valence-electron chi connectivity index (χ1n) is 6.37. The number of hydrogen-bond donors (Lipinski definition) is 1. The molecule has 0 radical (unpaired) electrons. The Morgan fingerprint density at radius 1 is 1.50 bits per heavy atom. The lowest BCUT2D eigenvalue weighted by molar-refractivity contribution is 0.183. The van der Waals surface area contributed by atoms with E-state index >= 15 is 0 Å². The van der Waals surface area contributed by atoms with E-state index in [4.69, 9.17) is 4.74 Å². The highest BCUT2D eigenvalue weighted by Crippen LogP contribution is 2.17. The lowest BCUT2D eigenvalue weighted by Crippen LogP contribution is -2.15.